The maximum atomic E-state index is 11.2. The average molecular weight is 247 g/mol. The van der Waals surface area contributed by atoms with Gasteiger partial charge in [-0.15, -0.1) is 0 Å². The van der Waals surface area contributed by atoms with E-state index < -0.39 is 23.9 Å². The summed E-state index contributed by atoms with van der Waals surface area (Å²) in [5.74, 6) is -1.68. The first-order valence-electron chi connectivity index (χ1n) is 5.10. The van der Waals surface area contributed by atoms with Gasteiger partial charge in [-0.2, -0.15) is 0 Å². The molecule has 0 aromatic rings. The van der Waals surface area contributed by atoms with Crippen molar-refractivity contribution in [1.82, 2.24) is 10.6 Å². The highest BCUT2D eigenvalue weighted by atomic mass is 16.5. The topological polar surface area (TPSA) is 131 Å². The quantitative estimate of drug-likeness (QED) is 0.394. The maximum Gasteiger partial charge on any atom is 0.326 e. The summed E-state index contributed by atoms with van der Waals surface area (Å²) < 4.78 is 4.79. The van der Waals surface area contributed by atoms with Gasteiger partial charge in [0.1, 0.15) is 12.6 Å². The molecule has 0 heterocycles. The monoisotopic (exact) mass is 247 g/mol. The minimum Gasteiger partial charge on any atom is -0.480 e. The zero-order valence-electron chi connectivity index (χ0n) is 9.56. The van der Waals surface area contributed by atoms with E-state index in [1.165, 1.54) is 0 Å². The lowest BCUT2D eigenvalue weighted by Crippen LogP contribution is -2.46. The van der Waals surface area contributed by atoms with Gasteiger partial charge in [-0.05, 0) is 6.42 Å². The summed E-state index contributed by atoms with van der Waals surface area (Å²) >= 11 is 0. The fourth-order valence-corrected chi connectivity index (χ4v) is 0.957. The first-order valence-corrected chi connectivity index (χ1v) is 5.10. The van der Waals surface area contributed by atoms with Crippen molar-refractivity contribution in [2.45, 2.75) is 19.4 Å². The lowest BCUT2D eigenvalue weighted by atomic mass is 10.2. The smallest absolute Gasteiger partial charge is 0.326 e. The Bertz CT molecular complexity index is 282. The predicted molar refractivity (Wildman–Crippen MR) is 58.3 cm³/mol. The first kappa shape index (κ1) is 15.2. The van der Waals surface area contributed by atoms with Gasteiger partial charge in [0, 0.05) is 6.54 Å². The van der Waals surface area contributed by atoms with Gasteiger partial charge < -0.3 is 26.2 Å². The third-order valence-electron chi connectivity index (χ3n) is 1.79. The summed E-state index contributed by atoms with van der Waals surface area (Å²) in [5.41, 5.74) is 4.82. The van der Waals surface area contributed by atoms with Gasteiger partial charge in [-0.3, -0.25) is 4.79 Å². The van der Waals surface area contributed by atoms with Crippen LogP contribution in [0.2, 0.25) is 0 Å². The molecule has 3 amide bonds. The van der Waals surface area contributed by atoms with Crippen LogP contribution in [0.25, 0.3) is 0 Å². The highest BCUT2D eigenvalue weighted by Crippen LogP contribution is 1.89. The van der Waals surface area contributed by atoms with E-state index in [1.807, 2.05) is 0 Å². The number of carbonyl (C=O) groups excluding carboxylic acids is 2. The molecule has 0 saturated carbocycles. The van der Waals surface area contributed by atoms with Gasteiger partial charge in [0.05, 0.1) is 6.61 Å². The molecule has 0 aliphatic heterocycles. The number of nitrogens with two attached hydrogens (primary N) is 1. The lowest BCUT2D eigenvalue weighted by Gasteiger charge is -2.12. The fourth-order valence-electron chi connectivity index (χ4n) is 0.957. The molecule has 5 N–H and O–H groups in total. The molecule has 1 atom stereocenters. The average Bonchev–Trinajstić information content (AvgIpc) is 2.24. The second-order valence-corrected chi connectivity index (χ2v) is 3.22. The first-order chi connectivity index (χ1) is 7.97. The second kappa shape index (κ2) is 8.34. The van der Waals surface area contributed by atoms with Crippen LogP contribution >= 0.6 is 0 Å². The summed E-state index contributed by atoms with van der Waals surface area (Å²) in [4.78, 5) is 32.1. The van der Waals surface area contributed by atoms with Crippen molar-refractivity contribution in [3.05, 3.63) is 0 Å². The molecular weight excluding hydrogens is 230 g/mol. The Kier molecular flexibility index (Phi) is 7.44. The van der Waals surface area contributed by atoms with Crippen LogP contribution in [0, 0.1) is 0 Å². The van der Waals surface area contributed by atoms with E-state index in [2.05, 4.69) is 10.6 Å². The number of aliphatic carboxylic acids is 1. The molecule has 0 aromatic heterocycles. The van der Waals surface area contributed by atoms with E-state index in [4.69, 9.17) is 15.6 Å². The molecule has 0 spiro atoms. The van der Waals surface area contributed by atoms with Crippen LogP contribution in [-0.4, -0.2) is 48.8 Å². The van der Waals surface area contributed by atoms with Crippen molar-refractivity contribution in [2.24, 2.45) is 5.73 Å². The van der Waals surface area contributed by atoms with Crippen molar-refractivity contribution < 1.29 is 24.2 Å². The largest absolute Gasteiger partial charge is 0.480 e. The number of hydrogen-bond acceptors (Lipinski definition) is 4. The zero-order valence-corrected chi connectivity index (χ0v) is 9.56. The maximum absolute atomic E-state index is 11.2. The summed E-state index contributed by atoms with van der Waals surface area (Å²) in [6, 6.07) is -1.51. The van der Waals surface area contributed by atoms with E-state index >= 15 is 0 Å². The Hall–Kier alpha value is -1.83. The number of carboxylic acid groups (broad SMARTS) is 1. The third kappa shape index (κ3) is 8.03. The number of urea groups is 1. The van der Waals surface area contributed by atoms with Crippen LogP contribution in [0.1, 0.15) is 13.3 Å². The normalized spacial score (nSPS) is 11.6. The molecule has 8 heteroatoms. The van der Waals surface area contributed by atoms with E-state index in [0.717, 1.165) is 0 Å². The number of ether oxygens (including phenoxy) is 1. The fraction of sp³-hybridized carbons (Fsp3) is 0.667. The minimum atomic E-state index is -1.09. The number of rotatable bonds is 8. The highest BCUT2D eigenvalue weighted by molar-refractivity contribution is 5.82. The molecule has 0 fully saturated rings. The Labute approximate surface area is 98.5 Å². The molecule has 17 heavy (non-hydrogen) atoms. The molecule has 0 aliphatic rings. The van der Waals surface area contributed by atoms with Crippen molar-refractivity contribution in [3.8, 4) is 0 Å². The summed E-state index contributed by atoms with van der Waals surface area (Å²) in [6.45, 7) is 1.72. The minimum absolute atomic E-state index is 0.125. The van der Waals surface area contributed by atoms with Crippen LogP contribution < -0.4 is 16.4 Å². The second-order valence-electron chi connectivity index (χ2n) is 3.22. The van der Waals surface area contributed by atoms with E-state index in [9.17, 15) is 14.4 Å². The van der Waals surface area contributed by atoms with Gasteiger partial charge >= 0.3 is 12.0 Å². The Morgan fingerprint density at radius 2 is 2.06 bits per heavy atom. The number of hydrogen-bond donors (Lipinski definition) is 4. The standard InChI is InChI=1S/C9H17N3O5/c1-2-6(8(14)15)12-9(16)11-3-4-17-5-7(10)13/h6H,2-5H2,1H3,(H2,10,13)(H,14,15)(H2,11,12,16). The number of carbonyl (C=O) groups is 3. The molecule has 98 valence electrons. The molecule has 8 nitrogen and oxygen atoms in total. The number of carboxylic acids is 1. The Balaban J connectivity index is 3.65. The SMILES string of the molecule is CCC(NC(=O)NCCOCC(N)=O)C(=O)O. The molecule has 0 rings (SSSR count). The van der Waals surface area contributed by atoms with E-state index in [-0.39, 0.29) is 19.8 Å². The van der Waals surface area contributed by atoms with Crippen LogP contribution in [0.4, 0.5) is 4.79 Å². The number of nitrogens with one attached hydrogen (secondary N) is 2. The van der Waals surface area contributed by atoms with Gasteiger partial charge in [0.15, 0.2) is 0 Å². The molecule has 0 radical (unpaired) electrons. The van der Waals surface area contributed by atoms with Crippen LogP contribution in [0.5, 0.6) is 0 Å². The van der Waals surface area contributed by atoms with Crippen LogP contribution in [0.3, 0.4) is 0 Å². The predicted octanol–water partition coefficient (Wildman–Crippen LogP) is -1.35. The molecule has 0 saturated heterocycles. The van der Waals surface area contributed by atoms with Crippen LogP contribution in [-0.2, 0) is 14.3 Å². The Morgan fingerprint density at radius 3 is 2.53 bits per heavy atom. The van der Waals surface area contributed by atoms with Crippen molar-refractivity contribution in [3.63, 3.8) is 0 Å². The van der Waals surface area contributed by atoms with E-state index in [0.29, 0.717) is 6.42 Å². The van der Waals surface area contributed by atoms with Crippen molar-refractivity contribution in [2.75, 3.05) is 19.8 Å². The van der Waals surface area contributed by atoms with Gasteiger partial charge in [0.2, 0.25) is 5.91 Å². The van der Waals surface area contributed by atoms with Gasteiger partial charge in [-0.25, -0.2) is 9.59 Å². The van der Waals surface area contributed by atoms with E-state index in [1.54, 1.807) is 6.92 Å². The number of primary amides is 1. The highest BCUT2D eigenvalue weighted by Gasteiger charge is 2.16. The summed E-state index contributed by atoms with van der Waals surface area (Å²) in [6.07, 6.45) is 0.293. The lowest BCUT2D eigenvalue weighted by molar-refractivity contribution is -0.139. The third-order valence-corrected chi connectivity index (χ3v) is 1.79. The number of amides is 3. The molecular formula is C9H17N3O5. The molecule has 1 unspecified atom stereocenters. The van der Waals surface area contributed by atoms with Crippen molar-refractivity contribution >= 4 is 17.9 Å². The summed E-state index contributed by atoms with van der Waals surface area (Å²) in [5, 5.41) is 13.3. The van der Waals surface area contributed by atoms with Gasteiger partial charge in [-0.1, -0.05) is 6.92 Å². The van der Waals surface area contributed by atoms with Gasteiger partial charge in [0.25, 0.3) is 0 Å². The summed E-state index contributed by atoms with van der Waals surface area (Å²) in [7, 11) is 0. The van der Waals surface area contributed by atoms with Crippen LogP contribution in [0.15, 0.2) is 0 Å². The van der Waals surface area contributed by atoms with Crippen molar-refractivity contribution in [1.29, 1.82) is 0 Å². The molecule has 0 aromatic carbocycles. The molecule has 0 aliphatic carbocycles. The molecule has 0 bridgehead atoms. The Morgan fingerprint density at radius 1 is 1.41 bits per heavy atom. The zero-order chi connectivity index (χ0) is 13.3.